The standard InChI is InChI=1S/C23H27NO6/c1-11-8-24-9-12-4-5-14-15-13(6-7-30-14)16(20(26)29-3)18-17(15)21(12,2)23(24,28)10-22(18,27)19(11)25/h11-12,27-28H,4-10H2,1-3H3. The summed E-state index contributed by atoms with van der Waals surface area (Å²) in [7, 11) is 1.33. The van der Waals surface area contributed by atoms with Gasteiger partial charge in [0.05, 0.1) is 19.3 Å². The molecule has 3 heterocycles. The van der Waals surface area contributed by atoms with E-state index < -0.39 is 28.6 Å². The first kappa shape index (κ1) is 18.8. The number of fused-ring (bicyclic) bond motifs is 2. The van der Waals surface area contributed by atoms with E-state index in [2.05, 4.69) is 6.92 Å². The van der Waals surface area contributed by atoms with E-state index in [4.69, 9.17) is 9.47 Å². The van der Waals surface area contributed by atoms with Crippen LogP contribution in [0.3, 0.4) is 0 Å². The van der Waals surface area contributed by atoms with Gasteiger partial charge in [0, 0.05) is 54.8 Å². The Balaban J connectivity index is 1.78. The van der Waals surface area contributed by atoms with Gasteiger partial charge in [-0.05, 0) is 23.5 Å². The summed E-state index contributed by atoms with van der Waals surface area (Å²) in [5.74, 6) is -0.385. The predicted molar refractivity (Wildman–Crippen MR) is 105 cm³/mol. The van der Waals surface area contributed by atoms with Crippen LogP contribution < -0.4 is 0 Å². The molecule has 3 aliphatic carbocycles. The number of methoxy groups -OCH3 is 1. The molecule has 7 heteroatoms. The van der Waals surface area contributed by atoms with E-state index in [1.54, 1.807) is 6.92 Å². The van der Waals surface area contributed by atoms with Crippen LogP contribution in [0.1, 0.15) is 39.5 Å². The first-order valence-electron chi connectivity index (χ1n) is 10.9. The van der Waals surface area contributed by atoms with Gasteiger partial charge in [-0.15, -0.1) is 0 Å². The molecule has 0 saturated carbocycles. The van der Waals surface area contributed by atoms with E-state index in [1.165, 1.54) is 7.11 Å². The van der Waals surface area contributed by atoms with Crippen LogP contribution in [-0.2, 0) is 19.1 Å². The normalized spacial score (nSPS) is 44.2. The maximum absolute atomic E-state index is 13.5. The first-order chi connectivity index (χ1) is 14.2. The third-order valence-corrected chi connectivity index (χ3v) is 8.77. The molecular weight excluding hydrogens is 386 g/mol. The van der Waals surface area contributed by atoms with Crippen LogP contribution in [-0.4, -0.2) is 65.0 Å². The lowest BCUT2D eigenvalue weighted by molar-refractivity contribution is -0.177. The van der Waals surface area contributed by atoms with Gasteiger partial charge in [0.1, 0.15) is 11.5 Å². The summed E-state index contributed by atoms with van der Waals surface area (Å²) < 4.78 is 11.2. The van der Waals surface area contributed by atoms with Gasteiger partial charge in [-0.25, -0.2) is 4.79 Å². The summed E-state index contributed by atoms with van der Waals surface area (Å²) in [4.78, 5) is 28.6. The minimum absolute atomic E-state index is 0.119. The fourth-order valence-electron chi connectivity index (χ4n) is 7.38. The SMILES string of the molecule is COC(=O)C1=C2CCOC3=C2C2=C1C1(O)CC4(O)N(CC(C)C1=O)CC(CC3)C24C. The molecule has 3 aliphatic heterocycles. The van der Waals surface area contributed by atoms with Crippen LogP contribution in [0, 0.1) is 17.3 Å². The smallest absolute Gasteiger partial charge is 0.338 e. The highest BCUT2D eigenvalue weighted by atomic mass is 16.5. The second-order valence-corrected chi connectivity index (χ2v) is 9.95. The predicted octanol–water partition coefficient (Wildman–Crippen LogP) is 1.21. The highest BCUT2D eigenvalue weighted by molar-refractivity contribution is 6.06. The van der Waals surface area contributed by atoms with Crippen molar-refractivity contribution in [3.05, 3.63) is 33.6 Å². The second kappa shape index (κ2) is 5.44. The minimum atomic E-state index is -1.93. The number of allylic oxidation sites excluding steroid dienone is 2. The number of rotatable bonds is 1. The van der Waals surface area contributed by atoms with Gasteiger partial charge in [-0.2, -0.15) is 0 Å². The van der Waals surface area contributed by atoms with Gasteiger partial charge in [-0.1, -0.05) is 13.8 Å². The number of carbonyl (C=O) groups excluding carboxylic acids is 2. The molecule has 2 saturated heterocycles. The van der Waals surface area contributed by atoms with Crippen LogP contribution in [0.2, 0.25) is 0 Å². The minimum Gasteiger partial charge on any atom is -0.497 e. The number of ether oxygens (including phenoxy) is 2. The van der Waals surface area contributed by atoms with E-state index >= 15 is 0 Å². The number of esters is 1. The molecule has 6 aliphatic rings. The summed E-state index contributed by atoms with van der Waals surface area (Å²) in [6, 6.07) is 0. The number of hydrogen-bond acceptors (Lipinski definition) is 7. The van der Waals surface area contributed by atoms with Crippen molar-refractivity contribution in [1.29, 1.82) is 0 Å². The zero-order chi connectivity index (χ0) is 21.2. The van der Waals surface area contributed by atoms with E-state index in [0.717, 1.165) is 35.3 Å². The van der Waals surface area contributed by atoms with Crippen LogP contribution in [0.4, 0.5) is 0 Å². The maximum atomic E-state index is 13.5. The lowest BCUT2D eigenvalue weighted by Gasteiger charge is -2.52. The molecule has 30 heavy (non-hydrogen) atoms. The first-order valence-corrected chi connectivity index (χ1v) is 10.9. The third kappa shape index (κ3) is 1.77. The fourth-order valence-corrected chi connectivity index (χ4v) is 7.38. The highest BCUT2D eigenvalue weighted by Gasteiger charge is 2.74. The Hall–Kier alpha value is -1.96. The molecule has 160 valence electrons. The summed E-state index contributed by atoms with van der Waals surface area (Å²) in [6.45, 7) is 5.36. The molecular formula is C23H27NO6. The largest absolute Gasteiger partial charge is 0.497 e. The molecule has 0 radical (unpaired) electrons. The van der Waals surface area contributed by atoms with E-state index in [-0.39, 0.29) is 18.1 Å². The van der Waals surface area contributed by atoms with Crippen molar-refractivity contribution in [2.75, 3.05) is 26.8 Å². The van der Waals surface area contributed by atoms with Crippen molar-refractivity contribution in [2.45, 2.75) is 50.9 Å². The van der Waals surface area contributed by atoms with E-state index in [9.17, 15) is 19.8 Å². The van der Waals surface area contributed by atoms with Crippen molar-refractivity contribution >= 4 is 11.8 Å². The molecule has 6 rings (SSSR count). The van der Waals surface area contributed by atoms with Gasteiger partial charge in [0.2, 0.25) is 0 Å². The van der Waals surface area contributed by atoms with Crippen LogP contribution >= 0.6 is 0 Å². The maximum Gasteiger partial charge on any atom is 0.338 e. The molecule has 7 nitrogen and oxygen atoms in total. The molecule has 0 aromatic carbocycles. The van der Waals surface area contributed by atoms with Crippen LogP contribution in [0.15, 0.2) is 33.6 Å². The highest BCUT2D eigenvalue weighted by Crippen LogP contribution is 2.69. The van der Waals surface area contributed by atoms with E-state index in [0.29, 0.717) is 37.3 Å². The Morgan fingerprint density at radius 1 is 1.23 bits per heavy atom. The molecule has 5 atom stereocenters. The number of aliphatic hydroxyl groups is 2. The average molecular weight is 413 g/mol. The van der Waals surface area contributed by atoms with Gasteiger partial charge >= 0.3 is 5.97 Å². The summed E-state index contributed by atoms with van der Waals surface area (Å²) in [5.41, 5.74) is -0.920. The molecule has 0 amide bonds. The van der Waals surface area contributed by atoms with Gasteiger partial charge in [0.15, 0.2) is 11.4 Å². The van der Waals surface area contributed by atoms with Gasteiger partial charge in [-0.3, -0.25) is 9.69 Å². The number of ketones is 1. The molecule has 2 fully saturated rings. The van der Waals surface area contributed by atoms with Crippen molar-refractivity contribution in [2.24, 2.45) is 17.3 Å². The number of nitrogens with zero attached hydrogens (tertiary/aromatic N) is 1. The number of hydrogen-bond donors (Lipinski definition) is 2. The van der Waals surface area contributed by atoms with Crippen LogP contribution in [0.25, 0.3) is 0 Å². The fraction of sp³-hybridized carbons (Fsp3) is 0.652. The monoisotopic (exact) mass is 413 g/mol. The second-order valence-electron chi connectivity index (χ2n) is 9.95. The Bertz CT molecular complexity index is 1020. The Kier molecular flexibility index (Phi) is 3.41. The molecule has 0 aromatic rings. The molecule has 2 bridgehead atoms. The lowest BCUT2D eigenvalue weighted by atomic mass is 9.56. The third-order valence-electron chi connectivity index (χ3n) is 8.77. The Labute approximate surface area is 175 Å². The number of Topliss-reactive ketones (excluding diaryl/α,β-unsaturated/α-hetero) is 1. The van der Waals surface area contributed by atoms with Crippen molar-refractivity contribution in [1.82, 2.24) is 4.90 Å². The zero-order valence-corrected chi connectivity index (χ0v) is 17.6. The van der Waals surface area contributed by atoms with E-state index in [1.807, 2.05) is 4.90 Å². The molecule has 2 N–H and O–H groups in total. The number of carbonyl (C=O) groups is 2. The lowest BCUT2D eigenvalue weighted by Crippen LogP contribution is -2.62. The van der Waals surface area contributed by atoms with Crippen molar-refractivity contribution in [3.8, 4) is 0 Å². The van der Waals surface area contributed by atoms with Gasteiger partial charge < -0.3 is 19.7 Å². The Morgan fingerprint density at radius 2 is 2.00 bits per heavy atom. The summed E-state index contributed by atoms with van der Waals surface area (Å²) in [5, 5.41) is 24.2. The molecule has 5 unspecified atom stereocenters. The zero-order valence-electron chi connectivity index (χ0n) is 17.6. The quantitative estimate of drug-likeness (QED) is 0.624. The van der Waals surface area contributed by atoms with Gasteiger partial charge in [0.25, 0.3) is 0 Å². The van der Waals surface area contributed by atoms with Crippen molar-refractivity contribution < 1.29 is 29.3 Å². The molecule has 0 aromatic heterocycles. The van der Waals surface area contributed by atoms with Crippen LogP contribution in [0.5, 0.6) is 0 Å². The van der Waals surface area contributed by atoms with Crippen molar-refractivity contribution in [3.63, 3.8) is 0 Å². The average Bonchev–Trinajstić information content (AvgIpc) is 3.11. The summed E-state index contributed by atoms with van der Waals surface area (Å²) in [6.07, 6.45) is 1.97. The molecule has 0 spiro atoms. The topological polar surface area (TPSA) is 96.3 Å². The Morgan fingerprint density at radius 3 is 2.73 bits per heavy atom. The summed E-state index contributed by atoms with van der Waals surface area (Å²) >= 11 is 0.